The summed E-state index contributed by atoms with van der Waals surface area (Å²) in [5.74, 6) is 0.00130. The summed E-state index contributed by atoms with van der Waals surface area (Å²) in [7, 11) is 0. The normalized spacial score (nSPS) is 20.3. The zero-order valence-corrected chi connectivity index (χ0v) is 13.2. The Morgan fingerprint density at radius 1 is 1.29 bits per heavy atom. The first-order valence-electron chi connectivity index (χ1n) is 7.93. The summed E-state index contributed by atoms with van der Waals surface area (Å²) in [4.78, 5) is 0. The number of hydrogen-bond acceptors (Lipinski definition) is 0. The fourth-order valence-electron chi connectivity index (χ4n) is 3.82. The molecule has 0 saturated heterocycles. The van der Waals surface area contributed by atoms with Crippen LogP contribution in [0.4, 0.5) is 4.39 Å². The third kappa shape index (κ3) is 2.29. The van der Waals surface area contributed by atoms with Crippen molar-refractivity contribution in [3.05, 3.63) is 64.0 Å². The maximum atomic E-state index is 14.4. The maximum absolute atomic E-state index is 14.4. The summed E-state index contributed by atoms with van der Waals surface area (Å²) in [6, 6.07) is 6.46. The zero-order valence-electron chi connectivity index (χ0n) is 13.2. The van der Waals surface area contributed by atoms with Gasteiger partial charge in [-0.1, -0.05) is 56.7 Å². The molecule has 0 aliphatic heterocycles. The molecule has 0 N–H and O–H groups in total. The molecule has 2 aliphatic rings. The van der Waals surface area contributed by atoms with Crippen molar-refractivity contribution in [1.29, 1.82) is 0 Å². The number of fused-ring (bicyclic) bond motifs is 1. The lowest BCUT2D eigenvalue weighted by Gasteiger charge is -2.39. The van der Waals surface area contributed by atoms with Crippen LogP contribution in [0.15, 0.2) is 47.3 Å². The molecule has 110 valence electrons. The topological polar surface area (TPSA) is 0 Å². The van der Waals surface area contributed by atoms with E-state index in [1.54, 1.807) is 6.08 Å². The Hall–Kier alpha value is -1.63. The molecule has 0 nitrogen and oxygen atoms in total. The van der Waals surface area contributed by atoms with Crippen LogP contribution in [0.2, 0.25) is 0 Å². The number of benzene rings is 1. The number of rotatable bonds is 2. The maximum Gasteiger partial charge on any atom is 0.123 e. The minimum atomic E-state index is -0.236. The van der Waals surface area contributed by atoms with Crippen LogP contribution in [0.25, 0.3) is 6.08 Å². The molecule has 0 amide bonds. The van der Waals surface area contributed by atoms with Gasteiger partial charge < -0.3 is 0 Å². The second kappa shape index (κ2) is 5.29. The van der Waals surface area contributed by atoms with E-state index >= 15 is 0 Å². The first-order valence-corrected chi connectivity index (χ1v) is 7.93. The Kier molecular flexibility index (Phi) is 3.61. The molecule has 1 aromatic rings. The van der Waals surface area contributed by atoms with E-state index in [4.69, 9.17) is 0 Å². The first-order chi connectivity index (χ1) is 10.1. The minimum absolute atomic E-state index is 0.00130. The molecule has 0 atom stereocenters. The van der Waals surface area contributed by atoms with Gasteiger partial charge in [-0.3, -0.25) is 0 Å². The summed E-state index contributed by atoms with van der Waals surface area (Å²) >= 11 is 0. The molecule has 0 fully saturated rings. The largest absolute Gasteiger partial charge is 0.207 e. The lowest BCUT2D eigenvalue weighted by atomic mass is 9.65. The lowest BCUT2D eigenvalue weighted by molar-refractivity contribution is 0.517. The third-order valence-corrected chi connectivity index (χ3v) is 4.80. The second-order valence-electron chi connectivity index (χ2n) is 6.56. The highest BCUT2D eigenvalue weighted by atomic mass is 19.1. The quantitative estimate of drug-likeness (QED) is 0.634. The Bertz CT molecular complexity index is 656. The Balaban J connectivity index is 2.17. The Labute approximate surface area is 127 Å². The van der Waals surface area contributed by atoms with Gasteiger partial charge in [0.25, 0.3) is 0 Å². The molecule has 0 unspecified atom stereocenters. The van der Waals surface area contributed by atoms with Crippen molar-refractivity contribution in [2.75, 3.05) is 0 Å². The van der Waals surface area contributed by atoms with E-state index in [1.165, 1.54) is 22.3 Å². The summed E-state index contributed by atoms with van der Waals surface area (Å²) < 4.78 is 14.4. The number of allylic oxidation sites excluding steroid dienone is 5. The Morgan fingerprint density at radius 3 is 2.86 bits per heavy atom. The van der Waals surface area contributed by atoms with Gasteiger partial charge >= 0.3 is 0 Å². The van der Waals surface area contributed by atoms with Crippen molar-refractivity contribution < 1.29 is 4.39 Å². The van der Waals surface area contributed by atoms with Gasteiger partial charge in [0.2, 0.25) is 0 Å². The smallest absolute Gasteiger partial charge is 0.123 e. The minimum Gasteiger partial charge on any atom is -0.207 e. The highest BCUT2D eigenvalue weighted by molar-refractivity contribution is 5.63. The van der Waals surface area contributed by atoms with Crippen LogP contribution in [0.5, 0.6) is 0 Å². The fourth-order valence-corrected chi connectivity index (χ4v) is 3.82. The monoisotopic (exact) mass is 282 g/mol. The van der Waals surface area contributed by atoms with E-state index in [-0.39, 0.29) is 11.2 Å². The van der Waals surface area contributed by atoms with Crippen molar-refractivity contribution in [3.8, 4) is 0 Å². The van der Waals surface area contributed by atoms with Crippen LogP contribution in [-0.4, -0.2) is 0 Å². The van der Waals surface area contributed by atoms with Crippen molar-refractivity contribution in [2.45, 2.75) is 51.9 Å². The van der Waals surface area contributed by atoms with E-state index in [1.807, 2.05) is 0 Å². The molecule has 3 rings (SSSR count). The molecule has 0 saturated carbocycles. The van der Waals surface area contributed by atoms with Crippen molar-refractivity contribution >= 4 is 6.08 Å². The lowest BCUT2D eigenvalue weighted by Crippen LogP contribution is -2.30. The second-order valence-corrected chi connectivity index (χ2v) is 6.56. The predicted molar refractivity (Wildman–Crippen MR) is 87.9 cm³/mol. The first kappa shape index (κ1) is 14.3. The van der Waals surface area contributed by atoms with Gasteiger partial charge in [0.15, 0.2) is 0 Å². The van der Waals surface area contributed by atoms with Crippen LogP contribution >= 0.6 is 0 Å². The summed E-state index contributed by atoms with van der Waals surface area (Å²) in [5, 5.41) is 0. The molecule has 1 aromatic carbocycles. The van der Waals surface area contributed by atoms with E-state index in [0.717, 1.165) is 31.3 Å². The van der Waals surface area contributed by atoms with Gasteiger partial charge in [0, 0.05) is 5.41 Å². The van der Waals surface area contributed by atoms with E-state index in [0.29, 0.717) is 0 Å². The average molecular weight is 282 g/mol. The summed E-state index contributed by atoms with van der Waals surface area (Å²) in [6.07, 6.45) is 9.95. The van der Waals surface area contributed by atoms with Crippen LogP contribution in [0.1, 0.15) is 56.7 Å². The molecular formula is C20H23F. The van der Waals surface area contributed by atoms with E-state index in [2.05, 4.69) is 51.1 Å². The van der Waals surface area contributed by atoms with E-state index < -0.39 is 0 Å². The summed E-state index contributed by atoms with van der Waals surface area (Å²) in [6.45, 7) is 6.47. The van der Waals surface area contributed by atoms with Crippen molar-refractivity contribution in [2.24, 2.45) is 0 Å². The number of hydrogen-bond donors (Lipinski definition) is 0. The standard InChI is InChI=1S/C20H23F/c1-4-5-8-14-9-6-11-17-16(14)13-15-10-7-12-18(21)19(15)20(17,2)3/h5-6,8-9,11-12H,4,7,10,13H2,1-3H3/b8-5-. The van der Waals surface area contributed by atoms with Gasteiger partial charge in [-0.15, -0.1) is 0 Å². The van der Waals surface area contributed by atoms with Crippen LogP contribution < -0.4 is 0 Å². The van der Waals surface area contributed by atoms with Gasteiger partial charge in [0.05, 0.1) is 0 Å². The van der Waals surface area contributed by atoms with Crippen LogP contribution in [0.3, 0.4) is 0 Å². The van der Waals surface area contributed by atoms with E-state index in [9.17, 15) is 4.39 Å². The molecule has 0 bridgehead atoms. The average Bonchev–Trinajstić information content (AvgIpc) is 2.45. The van der Waals surface area contributed by atoms with Gasteiger partial charge in [-0.25, -0.2) is 4.39 Å². The fraction of sp³-hybridized carbons (Fsp3) is 0.400. The molecule has 0 heterocycles. The highest BCUT2D eigenvalue weighted by Crippen LogP contribution is 2.48. The Morgan fingerprint density at radius 2 is 2.10 bits per heavy atom. The van der Waals surface area contributed by atoms with Crippen LogP contribution in [-0.2, 0) is 11.8 Å². The number of halogens is 1. The van der Waals surface area contributed by atoms with Crippen LogP contribution in [0, 0.1) is 0 Å². The molecular weight excluding hydrogens is 259 g/mol. The molecule has 1 heteroatoms. The molecule has 0 radical (unpaired) electrons. The van der Waals surface area contributed by atoms with Gasteiger partial charge in [-0.05, 0) is 54.0 Å². The SMILES string of the molecule is CC/C=C\c1cccc2c1CC1=C(C(F)=CCC1)C2(C)C. The molecule has 2 aliphatic carbocycles. The third-order valence-electron chi connectivity index (χ3n) is 4.80. The molecule has 0 spiro atoms. The van der Waals surface area contributed by atoms with Crippen molar-refractivity contribution in [3.63, 3.8) is 0 Å². The summed E-state index contributed by atoms with van der Waals surface area (Å²) in [5.41, 5.74) is 5.97. The molecule has 0 aromatic heterocycles. The van der Waals surface area contributed by atoms with Gasteiger partial charge in [0.1, 0.15) is 5.83 Å². The zero-order chi connectivity index (χ0) is 15.0. The van der Waals surface area contributed by atoms with Gasteiger partial charge in [-0.2, -0.15) is 0 Å². The predicted octanol–water partition coefficient (Wildman–Crippen LogP) is 5.89. The van der Waals surface area contributed by atoms with Crippen molar-refractivity contribution in [1.82, 2.24) is 0 Å². The highest BCUT2D eigenvalue weighted by Gasteiger charge is 2.38. The molecule has 21 heavy (non-hydrogen) atoms.